The molecule has 0 radical (unpaired) electrons. The number of nitrogens with one attached hydrogen (secondary N) is 1. The fourth-order valence-electron chi connectivity index (χ4n) is 5.41. The van der Waals surface area contributed by atoms with E-state index in [0.29, 0.717) is 17.9 Å². The van der Waals surface area contributed by atoms with Gasteiger partial charge in [-0.25, -0.2) is 4.68 Å². The molecule has 1 aromatic heterocycles. The van der Waals surface area contributed by atoms with Gasteiger partial charge in [-0.05, 0) is 42.9 Å². The van der Waals surface area contributed by atoms with Crippen LogP contribution in [0.1, 0.15) is 66.7 Å². The number of para-hydroxylation sites is 1. The lowest BCUT2D eigenvalue weighted by molar-refractivity contribution is 0.0912. The molecule has 3 aromatic carbocycles. The van der Waals surface area contributed by atoms with E-state index >= 15 is 0 Å². The fraction of sp³-hybridized carbons (Fsp3) is 0.290. The Morgan fingerprint density at radius 3 is 2.11 bits per heavy atom. The number of rotatable bonds is 7. The molecule has 1 unspecified atom stereocenters. The van der Waals surface area contributed by atoms with Crippen molar-refractivity contribution in [3.8, 4) is 16.9 Å². The van der Waals surface area contributed by atoms with E-state index in [4.69, 9.17) is 5.10 Å². The first-order chi connectivity index (χ1) is 17.3. The van der Waals surface area contributed by atoms with Crippen molar-refractivity contribution in [2.45, 2.75) is 51.5 Å². The SMILES string of the molecule is CCc1c(C(=O)NC(c2ccccc2)C2CCCCC2)c(-c2ccccc2)nn1-c1ccccc1. The van der Waals surface area contributed by atoms with Crippen LogP contribution in [0.3, 0.4) is 0 Å². The summed E-state index contributed by atoms with van der Waals surface area (Å²) in [7, 11) is 0. The van der Waals surface area contributed by atoms with Gasteiger partial charge in [0.15, 0.2) is 0 Å². The highest BCUT2D eigenvalue weighted by Crippen LogP contribution is 2.36. The average molecular weight is 464 g/mol. The van der Waals surface area contributed by atoms with Gasteiger partial charge in [0.05, 0.1) is 23.0 Å². The van der Waals surface area contributed by atoms with E-state index in [-0.39, 0.29) is 11.9 Å². The van der Waals surface area contributed by atoms with E-state index in [0.717, 1.165) is 35.5 Å². The molecule has 0 saturated heterocycles. The van der Waals surface area contributed by atoms with Gasteiger partial charge < -0.3 is 5.32 Å². The molecule has 1 aliphatic carbocycles. The van der Waals surface area contributed by atoms with E-state index in [1.54, 1.807) is 0 Å². The maximum absolute atomic E-state index is 14.1. The minimum absolute atomic E-state index is 0.00240. The number of benzene rings is 3. The molecule has 4 nitrogen and oxygen atoms in total. The van der Waals surface area contributed by atoms with Crippen molar-refractivity contribution in [3.63, 3.8) is 0 Å². The summed E-state index contributed by atoms with van der Waals surface area (Å²) in [5.41, 5.74) is 5.45. The Hall–Kier alpha value is -3.66. The van der Waals surface area contributed by atoms with Crippen molar-refractivity contribution >= 4 is 5.91 Å². The predicted molar refractivity (Wildman–Crippen MR) is 142 cm³/mol. The maximum atomic E-state index is 14.1. The topological polar surface area (TPSA) is 46.9 Å². The Balaban J connectivity index is 1.59. The van der Waals surface area contributed by atoms with Crippen LogP contribution in [0.5, 0.6) is 0 Å². The zero-order valence-electron chi connectivity index (χ0n) is 20.4. The largest absolute Gasteiger partial charge is 0.345 e. The highest BCUT2D eigenvalue weighted by atomic mass is 16.1. The quantitative estimate of drug-likeness (QED) is 0.316. The first kappa shape index (κ1) is 23.1. The molecule has 35 heavy (non-hydrogen) atoms. The molecule has 1 amide bonds. The Bertz CT molecular complexity index is 1240. The molecular weight excluding hydrogens is 430 g/mol. The highest BCUT2D eigenvalue weighted by Gasteiger charge is 2.30. The third-order valence-corrected chi connectivity index (χ3v) is 7.16. The third-order valence-electron chi connectivity index (χ3n) is 7.16. The zero-order chi connectivity index (χ0) is 24.0. The number of aromatic nitrogens is 2. The number of hydrogen-bond acceptors (Lipinski definition) is 2. The fourth-order valence-corrected chi connectivity index (χ4v) is 5.41. The van der Waals surface area contributed by atoms with Gasteiger partial charge in [0.2, 0.25) is 0 Å². The second kappa shape index (κ2) is 10.7. The molecule has 1 aliphatic rings. The van der Waals surface area contributed by atoms with Gasteiger partial charge in [-0.1, -0.05) is 105 Å². The molecule has 1 fully saturated rings. The van der Waals surface area contributed by atoms with Gasteiger partial charge in [-0.15, -0.1) is 0 Å². The monoisotopic (exact) mass is 463 g/mol. The lowest BCUT2D eigenvalue weighted by Gasteiger charge is -2.31. The maximum Gasteiger partial charge on any atom is 0.255 e. The Labute approximate surface area is 208 Å². The molecule has 1 atom stereocenters. The normalized spacial score (nSPS) is 15.0. The van der Waals surface area contributed by atoms with Crippen molar-refractivity contribution < 1.29 is 4.79 Å². The smallest absolute Gasteiger partial charge is 0.255 e. The molecule has 0 spiro atoms. The van der Waals surface area contributed by atoms with Crippen LogP contribution >= 0.6 is 0 Å². The van der Waals surface area contributed by atoms with E-state index in [9.17, 15) is 4.79 Å². The zero-order valence-corrected chi connectivity index (χ0v) is 20.4. The number of nitrogens with zero attached hydrogens (tertiary/aromatic N) is 2. The molecule has 1 N–H and O–H groups in total. The lowest BCUT2D eigenvalue weighted by atomic mass is 9.81. The number of hydrogen-bond donors (Lipinski definition) is 1. The summed E-state index contributed by atoms with van der Waals surface area (Å²) in [5.74, 6) is 0.409. The van der Waals surface area contributed by atoms with Crippen LogP contribution in [0, 0.1) is 5.92 Å². The van der Waals surface area contributed by atoms with Crippen LogP contribution in [0.2, 0.25) is 0 Å². The summed E-state index contributed by atoms with van der Waals surface area (Å²) in [5, 5.41) is 8.47. The standard InChI is InChI=1S/C31H33N3O/c1-2-27-28(30(25-19-11-5-12-20-25)33-34(27)26-21-13-6-14-22-26)31(35)32-29(23-15-7-3-8-16-23)24-17-9-4-10-18-24/h3,5-8,11-16,19-22,24,29H,2,4,9-10,17-18H2,1H3,(H,32,35). The number of amides is 1. The van der Waals surface area contributed by atoms with Crippen molar-refractivity contribution in [1.29, 1.82) is 0 Å². The van der Waals surface area contributed by atoms with Gasteiger partial charge >= 0.3 is 0 Å². The van der Waals surface area contributed by atoms with Gasteiger partial charge in [0.25, 0.3) is 5.91 Å². The van der Waals surface area contributed by atoms with E-state index < -0.39 is 0 Å². The van der Waals surface area contributed by atoms with E-state index in [1.165, 1.54) is 24.8 Å². The van der Waals surface area contributed by atoms with Crippen LogP contribution in [-0.4, -0.2) is 15.7 Å². The van der Waals surface area contributed by atoms with Crippen LogP contribution in [-0.2, 0) is 6.42 Å². The van der Waals surface area contributed by atoms with E-state index in [1.807, 2.05) is 71.4 Å². The molecule has 178 valence electrons. The Morgan fingerprint density at radius 2 is 1.49 bits per heavy atom. The second-order valence-corrected chi connectivity index (χ2v) is 9.40. The molecular formula is C31H33N3O. The van der Waals surface area contributed by atoms with Crippen molar-refractivity contribution in [2.75, 3.05) is 0 Å². The lowest BCUT2D eigenvalue weighted by Crippen LogP contribution is -2.35. The van der Waals surface area contributed by atoms with E-state index in [2.05, 4.69) is 36.5 Å². The van der Waals surface area contributed by atoms with Gasteiger partial charge in [0.1, 0.15) is 5.69 Å². The van der Waals surface area contributed by atoms with Gasteiger partial charge in [-0.3, -0.25) is 4.79 Å². The molecule has 4 heteroatoms. The van der Waals surface area contributed by atoms with Crippen LogP contribution < -0.4 is 5.32 Å². The summed E-state index contributed by atoms with van der Waals surface area (Å²) < 4.78 is 1.94. The minimum atomic E-state index is -0.0395. The van der Waals surface area contributed by atoms with Crippen molar-refractivity contribution in [2.24, 2.45) is 5.92 Å². The molecule has 0 aliphatic heterocycles. The summed E-state index contributed by atoms with van der Waals surface area (Å²) in [6.45, 7) is 2.10. The van der Waals surface area contributed by atoms with Crippen molar-refractivity contribution in [3.05, 3.63) is 108 Å². The molecule has 0 bridgehead atoms. The third kappa shape index (κ3) is 4.93. The first-order valence-electron chi connectivity index (χ1n) is 12.8. The molecule has 4 aromatic rings. The summed E-state index contributed by atoms with van der Waals surface area (Å²) >= 11 is 0. The summed E-state index contributed by atoms with van der Waals surface area (Å²) in [6, 6.07) is 30.6. The predicted octanol–water partition coefficient (Wildman–Crippen LogP) is 7.15. The highest BCUT2D eigenvalue weighted by molar-refractivity contribution is 6.01. The van der Waals surface area contributed by atoms with Crippen LogP contribution in [0.4, 0.5) is 0 Å². The summed E-state index contributed by atoms with van der Waals surface area (Å²) in [4.78, 5) is 14.1. The molecule has 1 heterocycles. The number of carbonyl (C=O) groups excluding carboxylic acids is 1. The van der Waals surface area contributed by atoms with Crippen LogP contribution in [0.25, 0.3) is 16.9 Å². The molecule has 1 saturated carbocycles. The Kier molecular flexibility index (Phi) is 7.08. The number of carbonyl (C=O) groups is 1. The van der Waals surface area contributed by atoms with Crippen molar-refractivity contribution in [1.82, 2.24) is 15.1 Å². The average Bonchev–Trinajstić information content (AvgIpc) is 3.33. The summed E-state index contributed by atoms with van der Waals surface area (Å²) in [6.07, 6.45) is 6.74. The Morgan fingerprint density at radius 1 is 0.886 bits per heavy atom. The second-order valence-electron chi connectivity index (χ2n) is 9.40. The van der Waals surface area contributed by atoms with Gasteiger partial charge in [-0.2, -0.15) is 5.10 Å². The minimum Gasteiger partial charge on any atom is -0.345 e. The van der Waals surface area contributed by atoms with Crippen LogP contribution in [0.15, 0.2) is 91.0 Å². The molecule has 5 rings (SSSR count). The van der Waals surface area contributed by atoms with Gasteiger partial charge in [0, 0.05) is 5.56 Å². The first-order valence-corrected chi connectivity index (χ1v) is 12.8.